The van der Waals surface area contributed by atoms with Crippen LogP contribution in [0.3, 0.4) is 0 Å². The van der Waals surface area contributed by atoms with Crippen LogP contribution in [-0.4, -0.2) is 26.7 Å². The second-order valence-electron chi connectivity index (χ2n) is 9.05. The van der Waals surface area contributed by atoms with Crippen molar-refractivity contribution >= 4 is 24.9 Å². The molecule has 0 saturated carbocycles. The molecule has 0 saturated heterocycles. The van der Waals surface area contributed by atoms with Crippen LogP contribution in [0.25, 0.3) is 0 Å². The number of hydrogen-bond donors (Lipinski definition) is 0. The third-order valence-corrected chi connectivity index (χ3v) is 6.98. The van der Waals surface area contributed by atoms with E-state index in [1.807, 2.05) is 13.1 Å². The number of hydrogen-bond acceptors (Lipinski definition) is 3. The molecule has 3 nitrogen and oxygen atoms in total. The standard InChI is InChI=1S/C28H34NO2P/c1-19-16-23(28(3,4)5)26(31-18-30-7)24(17-19)32-27-20(2)12-11-15-22(27)25(29-6)21-13-9-8-10-14-21/h8-17,32H,18H2,1-7H3. The Morgan fingerprint density at radius 1 is 0.969 bits per heavy atom. The Balaban J connectivity index is 2.17. The molecule has 1 unspecified atom stereocenters. The number of nitrogens with zero attached hydrogens (tertiary/aromatic N) is 1. The van der Waals surface area contributed by atoms with Crippen LogP contribution in [0.1, 0.15) is 48.6 Å². The Hall–Kier alpha value is -2.48. The van der Waals surface area contributed by atoms with Gasteiger partial charge >= 0.3 is 0 Å². The molecule has 0 bridgehead atoms. The fourth-order valence-corrected chi connectivity index (χ4v) is 5.37. The molecular weight excluding hydrogens is 413 g/mol. The fraction of sp³-hybridized carbons (Fsp3) is 0.321. The lowest BCUT2D eigenvalue weighted by Crippen LogP contribution is -2.22. The second kappa shape index (κ2) is 10.4. The van der Waals surface area contributed by atoms with Gasteiger partial charge in [0.1, 0.15) is 5.75 Å². The van der Waals surface area contributed by atoms with Crippen molar-refractivity contribution in [3.63, 3.8) is 0 Å². The average Bonchev–Trinajstić information content (AvgIpc) is 2.75. The van der Waals surface area contributed by atoms with E-state index in [4.69, 9.17) is 9.47 Å². The van der Waals surface area contributed by atoms with Gasteiger partial charge in [0.2, 0.25) is 0 Å². The maximum Gasteiger partial charge on any atom is 0.188 e. The molecule has 0 radical (unpaired) electrons. The molecule has 168 valence electrons. The molecule has 0 aliphatic rings. The Labute approximate surface area is 194 Å². The van der Waals surface area contributed by atoms with Crippen LogP contribution in [0, 0.1) is 13.8 Å². The maximum absolute atomic E-state index is 6.18. The van der Waals surface area contributed by atoms with Crippen molar-refractivity contribution in [2.45, 2.75) is 40.0 Å². The highest BCUT2D eigenvalue weighted by molar-refractivity contribution is 7.56. The number of rotatable bonds is 7. The van der Waals surface area contributed by atoms with Gasteiger partial charge in [-0.25, -0.2) is 0 Å². The van der Waals surface area contributed by atoms with Gasteiger partial charge in [-0.05, 0) is 41.8 Å². The van der Waals surface area contributed by atoms with Crippen molar-refractivity contribution in [1.29, 1.82) is 0 Å². The van der Waals surface area contributed by atoms with Gasteiger partial charge in [0.05, 0.1) is 5.71 Å². The number of methoxy groups -OCH3 is 1. The van der Waals surface area contributed by atoms with Crippen molar-refractivity contribution in [2.75, 3.05) is 21.0 Å². The predicted octanol–water partition coefficient (Wildman–Crippen LogP) is 5.68. The summed E-state index contributed by atoms with van der Waals surface area (Å²) in [7, 11) is 3.97. The lowest BCUT2D eigenvalue weighted by atomic mass is 9.85. The molecule has 0 amide bonds. The molecule has 1 atom stereocenters. The molecule has 0 aliphatic carbocycles. The molecule has 0 heterocycles. The SMILES string of the molecule is CN=C(c1ccccc1)c1cccc(C)c1Pc1cc(C)cc(C(C)(C)C)c1OCOC. The predicted molar refractivity (Wildman–Crippen MR) is 139 cm³/mol. The molecule has 0 aromatic heterocycles. The number of benzene rings is 3. The minimum Gasteiger partial charge on any atom is -0.467 e. The first-order chi connectivity index (χ1) is 15.3. The quantitative estimate of drug-likeness (QED) is 0.265. The fourth-order valence-electron chi connectivity index (χ4n) is 3.86. The van der Waals surface area contributed by atoms with Gasteiger partial charge in [0, 0.05) is 36.2 Å². The highest BCUT2D eigenvalue weighted by atomic mass is 31.1. The smallest absolute Gasteiger partial charge is 0.188 e. The van der Waals surface area contributed by atoms with Gasteiger partial charge in [0.25, 0.3) is 0 Å². The summed E-state index contributed by atoms with van der Waals surface area (Å²) in [5.74, 6) is 0.937. The lowest BCUT2D eigenvalue weighted by molar-refractivity contribution is 0.0506. The van der Waals surface area contributed by atoms with E-state index in [2.05, 4.69) is 94.2 Å². The summed E-state index contributed by atoms with van der Waals surface area (Å²) in [5.41, 5.74) is 6.98. The number of aliphatic imine (C=N–C) groups is 1. The molecule has 0 fully saturated rings. The largest absolute Gasteiger partial charge is 0.467 e. The summed E-state index contributed by atoms with van der Waals surface area (Å²) < 4.78 is 11.4. The zero-order valence-electron chi connectivity index (χ0n) is 20.2. The van der Waals surface area contributed by atoms with Gasteiger partial charge in [-0.2, -0.15) is 0 Å². The summed E-state index contributed by atoms with van der Waals surface area (Å²) in [5, 5.41) is 2.50. The lowest BCUT2D eigenvalue weighted by Gasteiger charge is -2.26. The Morgan fingerprint density at radius 2 is 1.69 bits per heavy atom. The van der Waals surface area contributed by atoms with Crippen molar-refractivity contribution in [2.24, 2.45) is 4.99 Å². The highest BCUT2D eigenvalue weighted by Crippen LogP contribution is 2.35. The first kappa shape index (κ1) is 24.2. The molecule has 32 heavy (non-hydrogen) atoms. The second-order valence-corrected chi connectivity index (χ2v) is 10.3. The third-order valence-electron chi connectivity index (χ3n) is 5.42. The zero-order valence-corrected chi connectivity index (χ0v) is 21.2. The molecule has 4 heteroatoms. The van der Waals surface area contributed by atoms with Gasteiger partial charge < -0.3 is 9.47 Å². The van der Waals surface area contributed by atoms with Gasteiger partial charge in [-0.15, -0.1) is 0 Å². The first-order valence-corrected chi connectivity index (χ1v) is 11.9. The third kappa shape index (κ3) is 5.46. The van der Waals surface area contributed by atoms with Crippen molar-refractivity contribution < 1.29 is 9.47 Å². The monoisotopic (exact) mass is 447 g/mol. The van der Waals surface area contributed by atoms with Crippen molar-refractivity contribution in [3.8, 4) is 5.75 Å². The molecule has 3 aromatic carbocycles. The topological polar surface area (TPSA) is 30.8 Å². The molecular formula is C28H34NO2P. The van der Waals surface area contributed by atoms with Crippen molar-refractivity contribution in [1.82, 2.24) is 0 Å². The van der Waals surface area contributed by atoms with E-state index >= 15 is 0 Å². The maximum atomic E-state index is 6.18. The number of aryl methyl sites for hydroxylation is 2. The minimum atomic E-state index is -0.0387. The van der Waals surface area contributed by atoms with Gasteiger partial charge in [-0.1, -0.05) is 83.9 Å². The molecule has 0 spiro atoms. The van der Waals surface area contributed by atoms with E-state index < -0.39 is 0 Å². The Kier molecular flexibility index (Phi) is 7.87. The van der Waals surface area contributed by atoms with Crippen LogP contribution in [0.2, 0.25) is 0 Å². The van der Waals surface area contributed by atoms with E-state index in [0.29, 0.717) is 8.58 Å². The van der Waals surface area contributed by atoms with Crippen LogP contribution in [0.4, 0.5) is 0 Å². The normalized spacial score (nSPS) is 12.5. The van der Waals surface area contributed by atoms with Crippen LogP contribution in [0.15, 0.2) is 65.7 Å². The minimum absolute atomic E-state index is 0.0387. The summed E-state index contributed by atoms with van der Waals surface area (Å²) in [6.07, 6.45) is 0. The highest BCUT2D eigenvalue weighted by Gasteiger charge is 2.24. The van der Waals surface area contributed by atoms with E-state index in [1.165, 1.54) is 32.9 Å². The van der Waals surface area contributed by atoms with Crippen molar-refractivity contribution in [3.05, 3.63) is 88.5 Å². The summed E-state index contributed by atoms with van der Waals surface area (Å²) in [4.78, 5) is 4.69. The first-order valence-electron chi connectivity index (χ1n) is 10.9. The van der Waals surface area contributed by atoms with Crippen LogP contribution >= 0.6 is 8.58 Å². The van der Waals surface area contributed by atoms with Gasteiger partial charge in [-0.3, -0.25) is 4.99 Å². The molecule has 0 N–H and O–H groups in total. The molecule has 0 aliphatic heterocycles. The summed E-state index contributed by atoms with van der Waals surface area (Å²) in [6, 6.07) is 21.4. The summed E-state index contributed by atoms with van der Waals surface area (Å²) >= 11 is 0. The number of ether oxygens (including phenoxy) is 2. The van der Waals surface area contributed by atoms with E-state index in [-0.39, 0.29) is 12.2 Å². The molecule has 3 aromatic rings. The van der Waals surface area contributed by atoms with Crippen LogP contribution in [0.5, 0.6) is 5.75 Å². The average molecular weight is 448 g/mol. The van der Waals surface area contributed by atoms with E-state index in [9.17, 15) is 0 Å². The van der Waals surface area contributed by atoms with Crippen LogP contribution in [-0.2, 0) is 10.2 Å². The van der Waals surface area contributed by atoms with E-state index in [0.717, 1.165) is 17.0 Å². The zero-order chi connectivity index (χ0) is 23.3. The Bertz CT molecular complexity index is 1100. The summed E-state index contributed by atoms with van der Waals surface area (Å²) in [6.45, 7) is 11.3. The molecule has 3 rings (SSSR count). The van der Waals surface area contributed by atoms with Crippen LogP contribution < -0.4 is 15.3 Å². The Morgan fingerprint density at radius 3 is 2.31 bits per heavy atom. The van der Waals surface area contributed by atoms with Gasteiger partial charge in [0.15, 0.2) is 6.79 Å². The van der Waals surface area contributed by atoms with E-state index in [1.54, 1.807) is 7.11 Å².